The predicted octanol–water partition coefficient (Wildman–Crippen LogP) is 3.38. The molecule has 0 spiro atoms. The lowest BCUT2D eigenvalue weighted by atomic mass is 9.95. The van der Waals surface area contributed by atoms with E-state index in [0.29, 0.717) is 31.1 Å². The summed E-state index contributed by atoms with van der Waals surface area (Å²) in [6.07, 6.45) is 8.92. The Kier molecular flexibility index (Phi) is 6.75. The molecule has 2 aromatic rings. The highest BCUT2D eigenvalue weighted by atomic mass is 32.1. The van der Waals surface area contributed by atoms with Gasteiger partial charge in [0.05, 0.1) is 18.3 Å². The van der Waals surface area contributed by atoms with Crippen LogP contribution in [0, 0.1) is 6.92 Å². The number of carbonyl (C=O) groups is 2. The molecule has 5 heterocycles. The van der Waals surface area contributed by atoms with Gasteiger partial charge in [-0.1, -0.05) is 6.92 Å². The molecule has 1 unspecified atom stereocenters. The minimum atomic E-state index is -0.00305. The molecule has 3 aliphatic heterocycles. The number of carbonyl (C=O) groups excluding carboxylic acids is 2. The van der Waals surface area contributed by atoms with Crippen LogP contribution in [0.1, 0.15) is 86.7 Å². The van der Waals surface area contributed by atoms with Crippen molar-refractivity contribution in [2.45, 2.75) is 96.4 Å². The summed E-state index contributed by atoms with van der Waals surface area (Å²) in [6, 6.07) is 1.65. The smallest absolute Gasteiger partial charge is 0.220 e. The topological polar surface area (TPSA) is 83.4 Å². The van der Waals surface area contributed by atoms with Crippen molar-refractivity contribution in [3.8, 4) is 0 Å². The fourth-order valence-electron chi connectivity index (χ4n) is 6.35. The van der Waals surface area contributed by atoms with E-state index in [4.69, 9.17) is 4.98 Å². The van der Waals surface area contributed by atoms with E-state index in [9.17, 15) is 9.59 Å². The van der Waals surface area contributed by atoms with Crippen LogP contribution in [0.5, 0.6) is 0 Å². The number of aryl methyl sites for hydroxylation is 1. The van der Waals surface area contributed by atoms with Gasteiger partial charge < -0.3 is 14.8 Å². The van der Waals surface area contributed by atoms with Gasteiger partial charge in [-0.15, -0.1) is 11.3 Å². The van der Waals surface area contributed by atoms with Gasteiger partial charge in [0, 0.05) is 68.3 Å². The van der Waals surface area contributed by atoms with Gasteiger partial charge in [0.1, 0.15) is 10.8 Å². The second-order valence-electron chi connectivity index (χ2n) is 9.99. The fourth-order valence-corrected chi connectivity index (χ4v) is 7.08. The molecule has 0 aliphatic carbocycles. The number of amides is 2. The first-order valence-electron chi connectivity index (χ1n) is 12.7. The maximum Gasteiger partial charge on any atom is 0.220 e. The summed E-state index contributed by atoms with van der Waals surface area (Å²) in [5.41, 5.74) is 2.44. The van der Waals surface area contributed by atoms with E-state index >= 15 is 0 Å². The van der Waals surface area contributed by atoms with Crippen LogP contribution in [0.3, 0.4) is 0 Å². The number of imidazole rings is 1. The number of piperidine rings is 1. The Labute approximate surface area is 205 Å². The Hall–Kier alpha value is -2.26. The van der Waals surface area contributed by atoms with Crippen LogP contribution in [0.4, 0.5) is 0 Å². The number of hydrogen-bond acceptors (Lipinski definition) is 6. The summed E-state index contributed by atoms with van der Waals surface area (Å²) in [5, 5.41) is 6.17. The summed E-state index contributed by atoms with van der Waals surface area (Å²) >= 11 is 1.62. The van der Waals surface area contributed by atoms with Crippen molar-refractivity contribution in [3.63, 3.8) is 0 Å². The number of aromatic nitrogens is 3. The van der Waals surface area contributed by atoms with E-state index in [0.717, 1.165) is 55.3 Å². The lowest BCUT2D eigenvalue weighted by Gasteiger charge is -2.41. The van der Waals surface area contributed by atoms with Crippen molar-refractivity contribution in [1.29, 1.82) is 0 Å². The second-order valence-corrected chi connectivity index (χ2v) is 10.9. The third-order valence-electron chi connectivity index (χ3n) is 7.98. The van der Waals surface area contributed by atoms with Crippen molar-refractivity contribution in [3.05, 3.63) is 33.8 Å². The van der Waals surface area contributed by atoms with Crippen molar-refractivity contribution in [2.24, 2.45) is 0 Å². The average molecular weight is 485 g/mol. The van der Waals surface area contributed by atoms with E-state index < -0.39 is 0 Å². The molecule has 34 heavy (non-hydrogen) atoms. The Morgan fingerprint density at radius 2 is 2.00 bits per heavy atom. The number of thiazole rings is 1. The molecule has 9 heteroatoms. The first kappa shape index (κ1) is 23.5. The highest BCUT2D eigenvalue weighted by molar-refractivity contribution is 7.09. The Morgan fingerprint density at radius 1 is 1.24 bits per heavy atom. The van der Waals surface area contributed by atoms with Crippen LogP contribution in [-0.2, 0) is 22.6 Å². The second kappa shape index (κ2) is 9.77. The molecule has 2 saturated heterocycles. The van der Waals surface area contributed by atoms with Gasteiger partial charge in [0.25, 0.3) is 0 Å². The summed E-state index contributed by atoms with van der Waals surface area (Å²) in [5.74, 6) is 1.32. The first-order valence-corrected chi connectivity index (χ1v) is 13.6. The van der Waals surface area contributed by atoms with Crippen LogP contribution >= 0.6 is 11.3 Å². The van der Waals surface area contributed by atoms with Gasteiger partial charge in [-0.25, -0.2) is 9.97 Å². The molecule has 0 aromatic carbocycles. The maximum absolute atomic E-state index is 12.1. The third kappa shape index (κ3) is 4.52. The average Bonchev–Trinajstić information content (AvgIpc) is 3.52. The number of nitrogens with zero attached hydrogens (tertiary/aromatic N) is 5. The van der Waals surface area contributed by atoms with Gasteiger partial charge in [0.15, 0.2) is 0 Å². The zero-order chi connectivity index (χ0) is 23.8. The van der Waals surface area contributed by atoms with Gasteiger partial charge in [-0.2, -0.15) is 0 Å². The van der Waals surface area contributed by atoms with Crippen molar-refractivity contribution >= 4 is 23.2 Å². The monoisotopic (exact) mass is 484 g/mol. The van der Waals surface area contributed by atoms with E-state index in [2.05, 4.69) is 26.7 Å². The summed E-state index contributed by atoms with van der Waals surface area (Å²) in [4.78, 5) is 37.9. The summed E-state index contributed by atoms with van der Waals surface area (Å²) in [6.45, 7) is 8.10. The van der Waals surface area contributed by atoms with Crippen LogP contribution in [0.2, 0.25) is 0 Å². The van der Waals surface area contributed by atoms with Gasteiger partial charge in [-0.05, 0) is 39.0 Å². The molecular weight excluding hydrogens is 448 g/mol. The van der Waals surface area contributed by atoms with Crippen molar-refractivity contribution in [1.82, 2.24) is 29.7 Å². The van der Waals surface area contributed by atoms with Crippen LogP contribution < -0.4 is 5.32 Å². The summed E-state index contributed by atoms with van der Waals surface area (Å²) in [7, 11) is 0. The summed E-state index contributed by atoms with van der Waals surface area (Å²) < 4.78 is 2.51. The normalized spacial score (nSPS) is 25.3. The standard InChI is InChI=1S/C25H36N6O2S/c1-4-24(33)28-21(25-26-9-12-34-25)7-11-30-18-5-6-19(30)14-20(13-18)31-16(2)27-22-15-29(17(3)32)10-8-23(22)31/h9,12,18-21H,4-8,10-11,13-15H2,1-3H3,(H,28,33)/t18-,19+,20?,21-/m0/s1. The molecule has 1 N–H and O–H groups in total. The zero-order valence-electron chi connectivity index (χ0n) is 20.5. The van der Waals surface area contributed by atoms with Gasteiger partial charge in [-0.3, -0.25) is 14.5 Å². The van der Waals surface area contributed by atoms with E-state index in [1.54, 1.807) is 18.3 Å². The van der Waals surface area contributed by atoms with E-state index in [-0.39, 0.29) is 17.9 Å². The largest absolute Gasteiger partial charge is 0.347 e. The SMILES string of the molecule is CCC(=O)N[C@@H](CCN1[C@@H]2CC[C@H]1CC(n1c(C)nc3c1CCN(C(C)=O)C3)C2)c1nccs1. The quantitative estimate of drug-likeness (QED) is 0.651. The third-order valence-corrected chi connectivity index (χ3v) is 8.87. The van der Waals surface area contributed by atoms with Crippen LogP contribution in [-0.4, -0.2) is 61.3 Å². The van der Waals surface area contributed by atoms with Gasteiger partial charge in [0.2, 0.25) is 11.8 Å². The lowest BCUT2D eigenvalue weighted by Crippen LogP contribution is -2.45. The Bertz CT molecular complexity index is 1020. The maximum atomic E-state index is 12.1. The highest BCUT2D eigenvalue weighted by Crippen LogP contribution is 2.43. The number of rotatable bonds is 7. The molecule has 2 fully saturated rings. The van der Waals surface area contributed by atoms with E-state index in [1.165, 1.54) is 18.5 Å². The molecule has 2 bridgehead atoms. The number of hydrogen-bond donors (Lipinski definition) is 1. The molecule has 4 atom stereocenters. The Balaban J connectivity index is 1.26. The molecule has 2 aromatic heterocycles. The van der Waals surface area contributed by atoms with Crippen molar-refractivity contribution in [2.75, 3.05) is 13.1 Å². The van der Waals surface area contributed by atoms with Gasteiger partial charge >= 0.3 is 0 Å². The number of nitrogens with one attached hydrogen (secondary N) is 1. The molecule has 0 radical (unpaired) electrons. The lowest BCUT2D eigenvalue weighted by molar-refractivity contribution is -0.129. The van der Waals surface area contributed by atoms with Crippen LogP contribution in [0.25, 0.3) is 0 Å². The van der Waals surface area contributed by atoms with Crippen molar-refractivity contribution < 1.29 is 9.59 Å². The first-order chi connectivity index (χ1) is 16.4. The molecular formula is C25H36N6O2S. The molecule has 5 rings (SSSR count). The number of fused-ring (bicyclic) bond motifs is 3. The molecule has 184 valence electrons. The zero-order valence-corrected chi connectivity index (χ0v) is 21.3. The van der Waals surface area contributed by atoms with E-state index in [1.807, 2.05) is 23.4 Å². The Morgan fingerprint density at radius 3 is 2.65 bits per heavy atom. The fraction of sp³-hybridized carbons (Fsp3) is 0.680. The predicted molar refractivity (Wildman–Crippen MR) is 131 cm³/mol. The minimum absolute atomic E-state index is 0.00305. The highest BCUT2D eigenvalue weighted by Gasteiger charge is 2.42. The molecule has 0 saturated carbocycles. The molecule has 3 aliphatic rings. The van der Waals surface area contributed by atoms with Crippen LogP contribution in [0.15, 0.2) is 11.6 Å². The molecule has 2 amide bonds. The minimum Gasteiger partial charge on any atom is -0.347 e. The molecule has 8 nitrogen and oxygen atoms in total.